The standard InChI is InChI=1S/C35H50N2O3/c1-22-23(2)25(4)31(26(5)24(22)3)21-37(6)32(38)19-18-29(14-11-15-33(39)40-7)35-34(28-16-17-28)30(20-36-35)27-12-9-8-10-13-27/h8-10,12-13,28-30,34-36H,11,14-21H2,1-7H3/t29?,30-,34+,35+/m0/s1. The van der Waals surface area contributed by atoms with E-state index in [0.717, 1.165) is 31.7 Å². The molecule has 2 aromatic rings. The number of carbonyl (C=O) groups excluding carboxylic acids is 2. The Bertz CT molecular complexity index is 1160. The molecule has 1 aliphatic carbocycles. The number of ether oxygens (including phenoxy) is 1. The lowest BCUT2D eigenvalue weighted by molar-refractivity contribution is -0.140. The molecule has 0 bridgehead atoms. The van der Waals surface area contributed by atoms with Gasteiger partial charge in [0.1, 0.15) is 0 Å². The van der Waals surface area contributed by atoms with Crippen LogP contribution in [0.1, 0.15) is 89.8 Å². The quantitative estimate of drug-likeness (QED) is 0.301. The monoisotopic (exact) mass is 546 g/mol. The molecule has 0 radical (unpaired) electrons. The number of nitrogens with zero attached hydrogens (tertiary/aromatic N) is 1. The third-order valence-electron chi connectivity index (χ3n) is 10.2. The van der Waals surface area contributed by atoms with Gasteiger partial charge in [0.25, 0.3) is 0 Å². The number of hydrogen-bond donors (Lipinski definition) is 1. The Balaban J connectivity index is 1.47. The predicted octanol–water partition coefficient (Wildman–Crippen LogP) is 6.71. The summed E-state index contributed by atoms with van der Waals surface area (Å²) in [6.45, 7) is 12.6. The van der Waals surface area contributed by atoms with Gasteiger partial charge >= 0.3 is 5.97 Å². The molecule has 4 atom stereocenters. The summed E-state index contributed by atoms with van der Waals surface area (Å²) in [5.74, 6) is 2.26. The molecule has 40 heavy (non-hydrogen) atoms. The summed E-state index contributed by atoms with van der Waals surface area (Å²) in [5, 5.41) is 3.91. The first-order valence-corrected chi connectivity index (χ1v) is 15.3. The highest BCUT2D eigenvalue weighted by Crippen LogP contribution is 2.50. The van der Waals surface area contributed by atoms with E-state index in [4.69, 9.17) is 4.74 Å². The van der Waals surface area contributed by atoms with Gasteiger partial charge in [-0.15, -0.1) is 0 Å². The van der Waals surface area contributed by atoms with Crippen molar-refractivity contribution >= 4 is 11.9 Å². The molecule has 2 aliphatic rings. The Hall–Kier alpha value is -2.66. The van der Waals surface area contributed by atoms with Gasteiger partial charge in [-0.25, -0.2) is 0 Å². The second kappa shape index (κ2) is 13.3. The van der Waals surface area contributed by atoms with Gasteiger partial charge in [-0.05, 0) is 123 Å². The number of esters is 1. The van der Waals surface area contributed by atoms with E-state index in [2.05, 4.69) is 70.3 Å². The molecule has 1 aliphatic heterocycles. The normalized spacial score (nSPS) is 21.3. The Labute approximate surface area is 242 Å². The second-order valence-electron chi connectivity index (χ2n) is 12.5. The molecule has 1 saturated heterocycles. The highest BCUT2D eigenvalue weighted by molar-refractivity contribution is 5.76. The fourth-order valence-corrected chi connectivity index (χ4v) is 7.16. The Morgan fingerprint density at radius 1 is 0.925 bits per heavy atom. The molecule has 5 heteroatoms. The van der Waals surface area contributed by atoms with Gasteiger partial charge in [-0.2, -0.15) is 0 Å². The summed E-state index contributed by atoms with van der Waals surface area (Å²) in [7, 11) is 3.41. The molecule has 1 heterocycles. The number of nitrogens with one attached hydrogen (secondary N) is 1. The molecule has 0 aromatic heterocycles. The lowest BCUT2D eigenvalue weighted by Crippen LogP contribution is -2.37. The maximum Gasteiger partial charge on any atom is 0.305 e. The summed E-state index contributed by atoms with van der Waals surface area (Å²) in [4.78, 5) is 27.3. The largest absolute Gasteiger partial charge is 0.469 e. The maximum absolute atomic E-state index is 13.5. The van der Waals surface area contributed by atoms with Crippen LogP contribution in [-0.4, -0.2) is 43.5 Å². The molecule has 1 unspecified atom stereocenters. The summed E-state index contributed by atoms with van der Waals surface area (Å²) >= 11 is 0. The van der Waals surface area contributed by atoms with Crippen molar-refractivity contribution in [2.75, 3.05) is 20.7 Å². The average molecular weight is 547 g/mol. The summed E-state index contributed by atoms with van der Waals surface area (Å²) < 4.78 is 4.92. The third-order valence-corrected chi connectivity index (χ3v) is 10.2. The van der Waals surface area contributed by atoms with Crippen LogP contribution in [0, 0.1) is 52.4 Å². The van der Waals surface area contributed by atoms with Gasteiger partial charge in [-0.3, -0.25) is 9.59 Å². The van der Waals surface area contributed by atoms with Gasteiger partial charge in [-0.1, -0.05) is 30.3 Å². The van der Waals surface area contributed by atoms with Gasteiger partial charge in [0.15, 0.2) is 0 Å². The molecule has 2 fully saturated rings. The van der Waals surface area contributed by atoms with E-state index in [0.29, 0.717) is 43.2 Å². The minimum absolute atomic E-state index is 0.149. The fraction of sp³-hybridized carbons (Fsp3) is 0.600. The van der Waals surface area contributed by atoms with Gasteiger partial charge < -0.3 is 15.0 Å². The minimum Gasteiger partial charge on any atom is -0.469 e. The van der Waals surface area contributed by atoms with Gasteiger partial charge in [0.2, 0.25) is 5.91 Å². The van der Waals surface area contributed by atoms with Crippen molar-refractivity contribution in [1.29, 1.82) is 0 Å². The van der Waals surface area contributed by atoms with Crippen LogP contribution < -0.4 is 5.32 Å². The molecule has 1 amide bonds. The van der Waals surface area contributed by atoms with E-state index in [9.17, 15) is 9.59 Å². The van der Waals surface area contributed by atoms with Crippen molar-refractivity contribution in [3.8, 4) is 0 Å². The zero-order valence-corrected chi connectivity index (χ0v) is 25.8. The van der Waals surface area contributed by atoms with Crippen molar-refractivity contribution in [2.24, 2.45) is 17.8 Å². The first-order chi connectivity index (χ1) is 19.1. The van der Waals surface area contributed by atoms with E-state index >= 15 is 0 Å². The van der Waals surface area contributed by atoms with Crippen molar-refractivity contribution in [3.63, 3.8) is 0 Å². The molecule has 0 spiro atoms. The maximum atomic E-state index is 13.5. The van der Waals surface area contributed by atoms with Crippen LogP contribution in [0.2, 0.25) is 0 Å². The van der Waals surface area contributed by atoms with Crippen LogP contribution in [0.5, 0.6) is 0 Å². The first kappa shape index (κ1) is 30.3. The van der Waals surface area contributed by atoms with Crippen molar-refractivity contribution in [1.82, 2.24) is 10.2 Å². The number of amides is 1. The van der Waals surface area contributed by atoms with E-state index in [-0.39, 0.29) is 11.9 Å². The van der Waals surface area contributed by atoms with Crippen LogP contribution in [0.25, 0.3) is 0 Å². The minimum atomic E-state index is -0.149. The number of carbonyl (C=O) groups is 2. The highest BCUT2D eigenvalue weighted by Gasteiger charge is 2.47. The molecule has 218 valence electrons. The number of rotatable bonds is 12. The Kier molecular flexibility index (Phi) is 10.1. The molecule has 2 aromatic carbocycles. The van der Waals surface area contributed by atoms with Gasteiger partial charge in [0, 0.05) is 44.9 Å². The molecule has 5 nitrogen and oxygen atoms in total. The summed E-state index contributed by atoms with van der Waals surface area (Å²) in [6, 6.07) is 11.3. The van der Waals surface area contributed by atoms with Crippen LogP contribution in [0.4, 0.5) is 0 Å². The SMILES string of the molecule is COC(=O)CCCC(CCC(=O)N(C)Cc1c(C)c(C)c(C)c(C)c1C)[C@H]1NC[C@@H](c2ccccc2)[C@H]1C1CC1. The second-order valence-corrected chi connectivity index (χ2v) is 12.5. The summed E-state index contributed by atoms with van der Waals surface area (Å²) in [5.41, 5.74) is 9.32. The predicted molar refractivity (Wildman–Crippen MR) is 162 cm³/mol. The van der Waals surface area contributed by atoms with E-state index in [1.807, 2.05) is 11.9 Å². The molecule has 1 saturated carbocycles. The molecular formula is C35H50N2O3. The molecule has 1 N–H and O–H groups in total. The molecule has 4 rings (SSSR count). The topological polar surface area (TPSA) is 58.6 Å². The smallest absolute Gasteiger partial charge is 0.305 e. The number of benzene rings is 2. The first-order valence-electron chi connectivity index (χ1n) is 15.3. The van der Waals surface area contributed by atoms with Crippen molar-refractivity contribution in [3.05, 3.63) is 69.3 Å². The molecular weight excluding hydrogens is 496 g/mol. The Morgan fingerprint density at radius 3 is 2.15 bits per heavy atom. The Morgan fingerprint density at radius 2 is 1.55 bits per heavy atom. The number of methoxy groups -OCH3 is 1. The van der Waals surface area contributed by atoms with Crippen LogP contribution in [0.15, 0.2) is 30.3 Å². The van der Waals surface area contributed by atoms with Crippen LogP contribution in [-0.2, 0) is 20.9 Å². The van der Waals surface area contributed by atoms with Gasteiger partial charge in [0.05, 0.1) is 7.11 Å². The average Bonchev–Trinajstić information content (AvgIpc) is 3.72. The van der Waals surface area contributed by atoms with Crippen LogP contribution in [0.3, 0.4) is 0 Å². The number of hydrogen-bond acceptors (Lipinski definition) is 4. The zero-order valence-electron chi connectivity index (χ0n) is 25.8. The third kappa shape index (κ3) is 6.79. The van der Waals surface area contributed by atoms with Crippen molar-refractivity contribution in [2.45, 2.75) is 98.1 Å². The van der Waals surface area contributed by atoms with Crippen molar-refractivity contribution < 1.29 is 14.3 Å². The highest BCUT2D eigenvalue weighted by atomic mass is 16.5. The van der Waals surface area contributed by atoms with Crippen LogP contribution >= 0.6 is 0 Å². The lowest BCUT2D eigenvalue weighted by Gasteiger charge is -2.32. The zero-order chi connectivity index (χ0) is 29.0. The van der Waals surface area contributed by atoms with E-state index < -0.39 is 0 Å². The van der Waals surface area contributed by atoms with E-state index in [1.165, 1.54) is 58.9 Å². The summed E-state index contributed by atoms with van der Waals surface area (Å²) in [6.07, 6.45) is 6.15. The fourth-order valence-electron chi connectivity index (χ4n) is 7.16. The lowest BCUT2D eigenvalue weighted by atomic mass is 9.75. The van der Waals surface area contributed by atoms with E-state index in [1.54, 1.807) is 0 Å².